The molecule has 2 aromatic carbocycles. The van der Waals surface area contributed by atoms with Crippen molar-refractivity contribution in [3.8, 4) is 17.2 Å². The number of fused-ring (bicyclic) bond motifs is 1. The van der Waals surface area contributed by atoms with Crippen molar-refractivity contribution in [1.29, 1.82) is 0 Å². The maximum Gasteiger partial charge on any atom is 0.244 e. The normalized spacial score (nSPS) is 16.2. The van der Waals surface area contributed by atoms with E-state index in [-0.39, 0.29) is 29.8 Å². The van der Waals surface area contributed by atoms with Crippen LogP contribution in [0.1, 0.15) is 37.8 Å². The van der Waals surface area contributed by atoms with Gasteiger partial charge in [-0.2, -0.15) is 4.31 Å². The number of carbonyl (C=O) groups is 1. The Labute approximate surface area is 207 Å². The molecule has 3 rings (SSSR count). The predicted molar refractivity (Wildman–Crippen MR) is 135 cm³/mol. The van der Waals surface area contributed by atoms with Gasteiger partial charge in [0.15, 0.2) is 11.5 Å². The number of nitrogens with one attached hydrogen (secondary N) is 1. The predicted octanol–water partition coefficient (Wildman–Crippen LogP) is 3.85. The Morgan fingerprint density at radius 1 is 1.09 bits per heavy atom. The smallest absolute Gasteiger partial charge is 0.244 e. The molecule has 1 aliphatic rings. The van der Waals surface area contributed by atoms with Crippen LogP contribution in [-0.2, 0) is 21.4 Å². The van der Waals surface area contributed by atoms with Crippen LogP contribution >= 0.6 is 0 Å². The minimum absolute atomic E-state index is 0.101. The van der Waals surface area contributed by atoms with Crippen LogP contribution in [-0.4, -0.2) is 52.5 Å². The fraction of sp³-hybridized carbons (Fsp3) is 0.423. The molecule has 1 N–H and O–H groups in total. The topological polar surface area (TPSA) is 94.2 Å². The first-order valence-electron chi connectivity index (χ1n) is 11.5. The fourth-order valence-electron chi connectivity index (χ4n) is 4.28. The van der Waals surface area contributed by atoms with E-state index >= 15 is 0 Å². The largest absolute Gasteiger partial charge is 0.493 e. The SMILES string of the molecule is C=C1CCN([C@H](CC(C)C)C(=O)NCc2cc(OC)c(OC)c(OC)c2)S(=O)(=O)c2ccccc21. The number of carbonyl (C=O) groups excluding carboxylic acids is 1. The summed E-state index contributed by atoms with van der Waals surface area (Å²) >= 11 is 0. The highest BCUT2D eigenvalue weighted by molar-refractivity contribution is 7.89. The van der Waals surface area contributed by atoms with Crippen LogP contribution in [0.3, 0.4) is 0 Å². The molecule has 0 unspecified atom stereocenters. The lowest BCUT2D eigenvalue weighted by Crippen LogP contribution is -2.50. The van der Waals surface area contributed by atoms with Crippen molar-refractivity contribution >= 4 is 21.5 Å². The highest BCUT2D eigenvalue weighted by Gasteiger charge is 2.39. The summed E-state index contributed by atoms with van der Waals surface area (Å²) in [7, 11) is 0.664. The lowest BCUT2D eigenvalue weighted by molar-refractivity contribution is -0.125. The van der Waals surface area contributed by atoms with E-state index in [9.17, 15) is 13.2 Å². The summed E-state index contributed by atoms with van der Waals surface area (Å²) in [5.74, 6) is 1.14. The van der Waals surface area contributed by atoms with Crippen molar-refractivity contribution in [2.24, 2.45) is 5.92 Å². The summed E-state index contributed by atoms with van der Waals surface area (Å²) in [4.78, 5) is 13.6. The maximum absolute atomic E-state index is 13.7. The van der Waals surface area contributed by atoms with E-state index in [1.54, 1.807) is 36.4 Å². The third-order valence-electron chi connectivity index (χ3n) is 6.02. The van der Waals surface area contributed by atoms with Crippen LogP contribution in [0, 0.1) is 5.92 Å². The zero-order chi connectivity index (χ0) is 25.8. The number of rotatable bonds is 9. The fourth-order valence-corrected chi connectivity index (χ4v) is 6.12. The summed E-state index contributed by atoms with van der Waals surface area (Å²) in [6.07, 6.45) is 0.833. The summed E-state index contributed by atoms with van der Waals surface area (Å²) in [5, 5.41) is 2.92. The molecule has 9 heteroatoms. The highest BCUT2D eigenvalue weighted by atomic mass is 32.2. The van der Waals surface area contributed by atoms with Crippen LogP contribution in [0.15, 0.2) is 47.9 Å². The van der Waals surface area contributed by atoms with Crippen LogP contribution in [0.2, 0.25) is 0 Å². The van der Waals surface area contributed by atoms with Crippen LogP contribution in [0.5, 0.6) is 17.2 Å². The summed E-state index contributed by atoms with van der Waals surface area (Å²) in [6, 6.07) is 9.47. The zero-order valence-corrected chi connectivity index (χ0v) is 21.8. The Morgan fingerprint density at radius 2 is 1.71 bits per heavy atom. The Balaban J connectivity index is 1.91. The van der Waals surface area contributed by atoms with Crippen molar-refractivity contribution < 1.29 is 27.4 Å². The standard InChI is InChI=1S/C26H34N2O6S/c1-17(2)13-21(28-12-11-18(3)20-9-7-8-10-24(20)35(28,30)31)26(29)27-16-19-14-22(32-4)25(34-6)23(15-19)33-5/h7-10,14-15,17,21H,3,11-13,16H2,1-2,4-6H3,(H,27,29)/t21-/m1/s1. The van der Waals surface area contributed by atoms with Gasteiger partial charge in [0.2, 0.25) is 21.7 Å². The third kappa shape index (κ3) is 5.62. The molecule has 0 saturated carbocycles. The number of methoxy groups -OCH3 is 3. The van der Waals surface area contributed by atoms with Crippen molar-refractivity contribution in [2.75, 3.05) is 27.9 Å². The summed E-state index contributed by atoms with van der Waals surface area (Å²) < 4.78 is 44.8. The number of hydrogen-bond acceptors (Lipinski definition) is 6. The molecule has 0 fully saturated rings. The van der Waals surface area contributed by atoms with E-state index in [0.717, 1.165) is 11.1 Å². The highest BCUT2D eigenvalue weighted by Crippen LogP contribution is 2.38. The van der Waals surface area contributed by atoms with Crippen molar-refractivity contribution in [3.63, 3.8) is 0 Å². The minimum Gasteiger partial charge on any atom is -0.493 e. The van der Waals surface area contributed by atoms with E-state index in [1.165, 1.54) is 25.6 Å². The Hall–Kier alpha value is -3.04. The van der Waals surface area contributed by atoms with E-state index in [4.69, 9.17) is 14.2 Å². The minimum atomic E-state index is -3.90. The number of sulfonamides is 1. The molecule has 0 bridgehead atoms. The Bertz CT molecular complexity index is 1170. The molecular weight excluding hydrogens is 468 g/mol. The molecule has 0 aromatic heterocycles. The molecule has 0 spiro atoms. The van der Waals surface area contributed by atoms with Crippen LogP contribution < -0.4 is 19.5 Å². The summed E-state index contributed by atoms with van der Waals surface area (Å²) in [6.45, 7) is 8.37. The third-order valence-corrected chi connectivity index (χ3v) is 7.99. The van der Waals surface area contributed by atoms with Gasteiger partial charge >= 0.3 is 0 Å². The Morgan fingerprint density at radius 3 is 2.29 bits per heavy atom. The molecule has 1 atom stereocenters. The van der Waals surface area contributed by atoms with Gasteiger partial charge in [0, 0.05) is 13.1 Å². The molecule has 2 aromatic rings. The van der Waals surface area contributed by atoms with E-state index in [1.807, 2.05) is 13.8 Å². The molecule has 1 aliphatic heterocycles. The number of ether oxygens (including phenoxy) is 3. The second-order valence-electron chi connectivity index (χ2n) is 8.86. The first kappa shape index (κ1) is 26.6. The number of hydrogen-bond donors (Lipinski definition) is 1. The van der Waals surface area contributed by atoms with Crippen LogP contribution in [0.25, 0.3) is 5.57 Å². The number of amides is 1. The lowest BCUT2D eigenvalue weighted by Gasteiger charge is -2.30. The van der Waals surface area contributed by atoms with E-state index < -0.39 is 16.1 Å². The molecule has 0 saturated heterocycles. The molecule has 1 heterocycles. The first-order chi connectivity index (χ1) is 16.6. The Kier molecular flexibility index (Phi) is 8.45. The van der Waals surface area contributed by atoms with Gasteiger partial charge in [-0.3, -0.25) is 4.79 Å². The monoisotopic (exact) mass is 502 g/mol. The quantitative estimate of drug-likeness (QED) is 0.560. The molecule has 1 amide bonds. The lowest BCUT2D eigenvalue weighted by atomic mass is 10.0. The summed E-state index contributed by atoms with van der Waals surface area (Å²) in [5.41, 5.74) is 2.08. The van der Waals surface area contributed by atoms with E-state index in [2.05, 4.69) is 11.9 Å². The second kappa shape index (κ2) is 11.1. The van der Waals surface area contributed by atoms with Gasteiger partial charge in [0.1, 0.15) is 6.04 Å². The molecular formula is C26H34N2O6S. The average Bonchev–Trinajstić information content (AvgIpc) is 2.94. The van der Waals surface area contributed by atoms with Crippen LogP contribution in [0.4, 0.5) is 0 Å². The average molecular weight is 503 g/mol. The van der Waals surface area contributed by atoms with Gasteiger partial charge in [-0.25, -0.2) is 8.42 Å². The molecule has 190 valence electrons. The van der Waals surface area contributed by atoms with Gasteiger partial charge in [-0.1, -0.05) is 38.6 Å². The van der Waals surface area contributed by atoms with Gasteiger partial charge in [-0.15, -0.1) is 0 Å². The van der Waals surface area contributed by atoms with Crippen molar-refractivity contribution in [3.05, 3.63) is 54.1 Å². The molecule has 0 radical (unpaired) electrons. The van der Waals surface area contributed by atoms with Gasteiger partial charge in [0.05, 0.1) is 26.2 Å². The van der Waals surface area contributed by atoms with Crippen molar-refractivity contribution in [1.82, 2.24) is 9.62 Å². The van der Waals surface area contributed by atoms with Gasteiger partial charge in [0.25, 0.3) is 0 Å². The second-order valence-corrected chi connectivity index (χ2v) is 10.7. The molecule has 8 nitrogen and oxygen atoms in total. The molecule has 0 aliphatic carbocycles. The zero-order valence-electron chi connectivity index (χ0n) is 21.0. The van der Waals surface area contributed by atoms with E-state index in [0.29, 0.717) is 35.7 Å². The van der Waals surface area contributed by atoms with Gasteiger partial charge < -0.3 is 19.5 Å². The maximum atomic E-state index is 13.7. The number of benzene rings is 2. The molecule has 35 heavy (non-hydrogen) atoms. The number of nitrogens with zero attached hydrogens (tertiary/aromatic N) is 1. The van der Waals surface area contributed by atoms with Gasteiger partial charge in [-0.05, 0) is 53.7 Å². The first-order valence-corrected chi connectivity index (χ1v) is 12.9. The van der Waals surface area contributed by atoms with Crippen molar-refractivity contribution in [2.45, 2.75) is 44.2 Å².